The molecule has 4 nitrogen and oxygen atoms in total. The van der Waals surface area contributed by atoms with Gasteiger partial charge in [0.1, 0.15) is 18.2 Å². The molecule has 1 aromatic heterocycles. The molecule has 1 heterocycles. The summed E-state index contributed by atoms with van der Waals surface area (Å²) in [4.78, 5) is 4.68. The highest BCUT2D eigenvalue weighted by Crippen LogP contribution is 2.20. The van der Waals surface area contributed by atoms with Gasteiger partial charge in [-0.2, -0.15) is 0 Å². The third-order valence-electron chi connectivity index (χ3n) is 4.38. The Balaban J connectivity index is 1.58. The van der Waals surface area contributed by atoms with Gasteiger partial charge < -0.3 is 14.0 Å². The van der Waals surface area contributed by atoms with Crippen molar-refractivity contribution in [3.8, 4) is 5.75 Å². The van der Waals surface area contributed by atoms with E-state index in [1.807, 2.05) is 6.07 Å². The monoisotopic (exact) mass is 338 g/mol. The lowest BCUT2D eigenvalue weighted by molar-refractivity contribution is 0.174. The van der Waals surface area contributed by atoms with Crippen molar-refractivity contribution in [2.24, 2.45) is 0 Å². The largest absolute Gasteiger partial charge is 0.493 e. The summed E-state index contributed by atoms with van der Waals surface area (Å²) in [5.41, 5.74) is 4.62. The van der Waals surface area contributed by atoms with Gasteiger partial charge in [0, 0.05) is 13.7 Å². The number of hydrogen-bond donors (Lipinski definition) is 0. The lowest BCUT2D eigenvalue weighted by Gasteiger charge is -2.11. The standard InChI is InChI=1S/C21H26N2O2/c1-16-10-11-17(2)20(14-16)25-13-7-6-12-23-19-9-5-4-8-18(19)22-21(23)15-24-3/h4-5,8-11,14H,6-7,12-13,15H2,1-3H3. The number of benzene rings is 2. The molecule has 2 aromatic carbocycles. The maximum absolute atomic E-state index is 5.95. The number of fused-ring (bicyclic) bond motifs is 1. The van der Waals surface area contributed by atoms with E-state index < -0.39 is 0 Å². The number of aryl methyl sites for hydroxylation is 3. The summed E-state index contributed by atoms with van der Waals surface area (Å²) >= 11 is 0. The molecule has 0 radical (unpaired) electrons. The van der Waals surface area contributed by atoms with Crippen molar-refractivity contribution in [2.75, 3.05) is 13.7 Å². The molecule has 0 bridgehead atoms. The smallest absolute Gasteiger partial charge is 0.135 e. The number of imidazole rings is 1. The molecule has 0 aliphatic heterocycles. The number of unbranched alkanes of at least 4 members (excludes halogenated alkanes) is 1. The Bertz CT molecular complexity index is 839. The second kappa shape index (κ2) is 8.17. The first kappa shape index (κ1) is 17.5. The molecule has 0 saturated heterocycles. The third-order valence-corrected chi connectivity index (χ3v) is 4.38. The average molecular weight is 338 g/mol. The highest BCUT2D eigenvalue weighted by molar-refractivity contribution is 5.75. The van der Waals surface area contributed by atoms with Gasteiger partial charge in [-0.1, -0.05) is 24.3 Å². The molecule has 0 atom stereocenters. The topological polar surface area (TPSA) is 36.3 Å². The fourth-order valence-corrected chi connectivity index (χ4v) is 3.03. The predicted molar refractivity (Wildman–Crippen MR) is 101 cm³/mol. The first-order valence-electron chi connectivity index (χ1n) is 8.82. The highest BCUT2D eigenvalue weighted by Gasteiger charge is 2.09. The third kappa shape index (κ3) is 4.20. The van der Waals surface area contributed by atoms with Crippen LogP contribution in [0.1, 0.15) is 29.8 Å². The molecule has 3 rings (SSSR count). The summed E-state index contributed by atoms with van der Waals surface area (Å²) in [5, 5.41) is 0. The summed E-state index contributed by atoms with van der Waals surface area (Å²) < 4.78 is 13.5. The Labute approximate surface area is 149 Å². The molecule has 0 amide bonds. The molecule has 0 N–H and O–H groups in total. The molecule has 0 spiro atoms. The zero-order chi connectivity index (χ0) is 17.6. The van der Waals surface area contributed by atoms with Crippen LogP contribution in [0.4, 0.5) is 0 Å². The van der Waals surface area contributed by atoms with E-state index >= 15 is 0 Å². The Kier molecular flexibility index (Phi) is 5.71. The number of aromatic nitrogens is 2. The zero-order valence-electron chi connectivity index (χ0n) is 15.3. The Morgan fingerprint density at radius 3 is 2.72 bits per heavy atom. The molecule has 0 unspecified atom stereocenters. The van der Waals surface area contributed by atoms with Crippen molar-refractivity contribution in [2.45, 2.75) is 39.8 Å². The lowest BCUT2D eigenvalue weighted by Crippen LogP contribution is -2.07. The van der Waals surface area contributed by atoms with Crippen molar-refractivity contribution < 1.29 is 9.47 Å². The molecule has 0 saturated carbocycles. The second-order valence-corrected chi connectivity index (χ2v) is 6.43. The molecule has 0 fully saturated rings. The molecule has 0 aliphatic carbocycles. The minimum absolute atomic E-state index is 0.535. The number of rotatable bonds is 8. The molecule has 0 aliphatic rings. The zero-order valence-corrected chi connectivity index (χ0v) is 15.3. The normalized spacial score (nSPS) is 11.2. The van der Waals surface area contributed by atoms with Crippen molar-refractivity contribution in [1.29, 1.82) is 0 Å². The summed E-state index contributed by atoms with van der Waals surface area (Å²) in [5.74, 6) is 1.98. The summed E-state index contributed by atoms with van der Waals surface area (Å²) in [6.45, 7) is 6.37. The maximum Gasteiger partial charge on any atom is 0.135 e. The maximum atomic E-state index is 5.95. The van der Waals surface area contributed by atoms with E-state index in [9.17, 15) is 0 Å². The fourth-order valence-electron chi connectivity index (χ4n) is 3.03. The predicted octanol–water partition coefficient (Wildman–Crippen LogP) is 4.66. The van der Waals surface area contributed by atoms with Gasteiger partial charge in [0.05, 0.1) is 17.6 Å². The van der Waals surface area contributed by atoms with Crippen LogP contribution in [0, 0.1) is 13.8 Å². The Hall–Kier alpha value is -2.33. The van der Waals surface area contributed by atoms with E-state index in [1.54, 1.807) is 7.11 Å². The van der Waals surface area contributed by atoms with Gasteiger partial charge in [-0.25, -0.2) is 4.98 Å². The lowest BCUT2D eigenvalue weighted by atomic mass is 10.1. The van der Waals surface area contributed by atoms with Crippen LogP contribution in [0.25, 0.3) is 11.0 Å². The number of methoxy groups -OCH3 is 1. The van der Waals surface area contributed by atoms with Crippen LogP contribution >= 0.6 is 0 Å². The quantitative estimate of drug-likeness (QED) is 0.561. The average Bonchev–Trinajstić information content (AvgIpc) is 2.95. The minimum atomic E-state index is 0.535. The fraction of sp³-hybridized carbons (Fsp3) is 0.381. The minimum Gasteiger partial charge on any atom is -0.493 e. The van der Waals surface area contributed by atoms with Crippen molar-refractivity contribution in [3.05, 3.63) is 59.4 Å². The van der Waals surface area contributed by atoms with Crippen LogP contribution in [-0.4, -0.2) is 23.3 Å². The van der Waals surface area contributed by atoms with Crippen LogP contribution in [0.3, 0.4) is 0 Å². The van der Waals surface area contributed by atoms with Crippen LogP contribution in [-0.2, 0) is 17.9 Å². The number of hydrogen-bond acceptors (Lipinski definition) is 3. The van der Waals surface area contributed by atoms with Crippen LogP contribution in [0.5, 0.6) is 5.75 Å². The Morgan fingerprint density at radius 1 is 1.04 bits per heavy atom. The van der Waals surface area contributed by atoms with Gasteiger partial charge in [-0.05, 0) is 56.0 Å². The van der Waals surface area contributed by atoms with Gasteiger partial charge in [0.25, 0.3) is 0 Å². The van der Waals surface area contributed by atoms with Gasteiger partial charge in [0.15, 0.2) is 0 Å². The Morgan fingerprint density at radius 2 is 1.88 bits per heavy atom. The van der Waals surface area contributed by atoms with Crippen LogP contribution in [0.2, 0.25) is 0 Å². The van der Waals surface area contributed by atoms with Gasteiger partial charge in [-0.3, -0.25) is 0 Å². The number of para-hydroxylation sites is 2. The molecule has 3 aromatic rings. The van der Waals surface area contributed by atoms with E-state index in [0.29, 0.717) is 6.61 Å². The van der Waals surface area contributed by atoms with Crippen molar-refractivity contribution >= 4 is 11.0 Å². The van der Waals surface area contributed by atoms with E-state index in [2.05, 4.69) is 59.8 Å². The first-order valence-corrected chi connectivity index (χ1v) is 8.82. The summed E-state index contributed by atoms with van der Waals surface area (Å²) in [7, 11) is 1.71. The van der Waals surface area contributed by atoms with Crippen molar-refractivity contribution in [1.82, 2.24) is 9.55 Å². The van der Waals surface area contributed by atoms with E-state index in [-0.39, 0.29) is 0 Å². The van der Waals surface area contributed by atoms with Crippen LogP contribution < -0.4 is 4.74 Å². The van der Waals surface area contributed by atoms with E-state index in [0.717, 1.165) is 43.1 Å². The SMILES string of the molecule is COCc1nc2ccccc2n1CCCCOc1cc(C)ccc1C. The molecule has 4 heteroatoms. The van der Waals surface area contributed by atoms with Gasteiger partial charge in [0.2, 0.25) is 0 Å². The highest BCUT2D eigenvalue weighted by atomic mass is 16.5. The van der Waals surface area contributed by atoms with Crippen molar-refractivity contribution in [3.63, 3.8) is 0 Å². The van der Waals surface area contributed by atoms with E-state index in [4.69, 9.17) is 9.47 Å². The van der Waals surface area contributed by atoms with Gasteiger partial charge >= 0.3 is 0 Å². The first-order chi connectivity index (χ1) is 12.2. The summed E-state index contributed by atoms with van der Waals surface area (Å²) in [6.07, 6.45) is 2.05. The summed E-state index contributed by atoms with van der Waals surface area (Å²) in [6, 6.07) is 14.6. The molecular formula is C21H26N2O2. The molecule has 132 valence electrons. The molecular weight excluding hydrogens is 312 g/mol. The second-order valence-electron chi connectivity index (χ2n) is 6.43. The number of nitrogens with zero attached hydrogens (tertiary/aromatic N) is 2. The molecule has 25 heavy (non-hydrogen) atoms. The number of ether oxygens (including phenoxy) is 2. The van der Waals surface area contributed by atoms with E-state index in [1.165, 1.54) is 16.6 Å². The van der Waals surface area contributed by atoms with Gasteiger partial charge in [-0.15, -0.1) is 0 Å². The van der Waals surface area contributed by atoms with Crippen LogP contribution in [0.15, 0.2) is 42.5 Å².